The molecule has 0 aliphatic rings. The number of aromatic nitrogens is 6. The number of rotatable bonds is 8. The Kier molecular flexibility index (Phi) is 8.30. The van der Waals surface area contributed by atoms with Crippen molar-refractivity contribution in [2.24, 2.45) is 0 Å². The molecule has 42 heavy (non-hydrogen) atoms. The van der Waals surface area contributed by atoms with E-state index in [2.05, 4.69) is 59.5 Å². The molecular formula is C27H31F6N7OSi. The van der Waals surface area contributed by atoms with Gasteiger partial charge in [0.25, 0.3) is 0 Å². The SMILES string of the molecule is Cc1cc(-n2ccc(-n3nccn3)n2)c(CCO[Si](C)(C)C(C)(C)C)c(Nc2ccc(C(F)(F)F)cc2C(F)(F)F)n1. The first-order valence-corrected chi connectivity index (χ1v) is 15.9. The normalized spacial score (nSPS) is 13.0. The van der Waals surface area contributed by atoms with Crippen molar-refractivity contribution >= 4 is 19.8 Å². The molecule has 4 aromatic rings. The van der Waals surface area contributed by atoms with Crippen molar-refractivity contribution in [3.05, 3.63) is 71.3 Å². The fraction of sp³-hybridized carbons (Fsp3) is 0.407. The number of alkyl halides is 6. The highest BCUT2D eigenvalue weighted by Gasteiger charge is 2.39. The summed E-state index contributed by atoms with van der Waals surface area (Å²) in [6.45, 7) is 12.3. The fourth-order valence-corrected chi connectivity index (χ4v) is 4.99. The minimum atomic E-state index is -5.06. The molecule has 0 unspecified atom stereocenters. The molecule has 15 heteroatoms. The van der Waals surface area contributed by atoms with Gasteiger partial charge >= 0.3 is 12.4 Å². The van der Waals surface area contributed by atoms with Gasteiger partial charge in [0.15, 0.2) is 14.1 Å². The third-order valence-electron chi connectivity index (χ3n) is 7.20. The third-order valence-corrected chi connectivity index (χ3v) is 11.7. The summed E-state index contributed by atoms with van der Waals surface area (Å²) in [7, 11) is -2.19. The van der Waals surface area contributed by atoms with Gasteiger partial charge < -0.3 is 9.74 Å². The number of anilines is 2. The number of nitrogens with zero attached hydrogens (tertiary/aromatic N) is 6. The van der Waals surface area contributed by atoms with Crippen molar-refractivity contribution in [1.29, 1.82) is 0 Å². The van der Waals surface area contributed by atoms with Crippen molar-refractivity contribution in [3.8, 4) is 11.5 Å². The van der Waals surface area contributed by atoms with Crippen molar-refractivity contribution < 1.29 is 30.8 Å². The zero-order chi connectivity index (χ0) is 31.1. The molecule has 0 saturated heterocycles. The van der Waals surface area contributed by atoms with Crippen molar-refractivity contribution in [2.75, 3.05) is 11.9 Å². The van der Waals surface area contributed by atoms with Gasteiger partial charge in [-0.05, 0) is 49.3 Å². The predicted octanol–water partition coefficient (Wildman–Crippen LogP) is 7.50. The number of halogens is 6. The molecule has 0 amide bonds. The number of benzene rings is 1. The van der Waals surface area contributed by atoms with E-state index in [1.807, 2.05) is 0 Å². The Morgan fingerprint density at radius 3 is 2.19 bits per heavy atom. The molecular weight excluding hydrogens is 580 g/mol. The first-order chi connectivity index (χ1) is 19.4. The topological polar surface area (TPSA) is 82.7 Å². The van der Waals surface area contributed by atoms with Crippen molar-refractivity contribution in [2.45, 2.75) is 64.6 Å². The molecule has 226 valence electrons. The maximum Gasteiger partial charge on any atom is 0.418 e. The average Bonchev–Trinajstić information content (AvgIpc) is 3.55. The van der Waals surface area contributed by atoms with E-state index in [1.54, 1.807) is 25.3 Å². The van der Waals surface area contributed by atoms with Crippen LogP contribution in [-0.4, -0.2) is 44.7 Å². The predicted molar refractivity (Wildman–Crippen MR) is 148 cm³/mol. The van der Waals surface area contributed by atoms with Crippen LogP contribution in [0.4, 0.5) is 37.8 Å². The van der Waals surface area contributed by atoms with Gasteiger partial charge in [0.2, 0.25) is 0 Å². The highest BCUT2D eigenvalue weighted by atomic mass is 28.4. The van der Waals surface area contributed by atoms with Crippen LogP contribution in [0.25, 0.3) is 11.5 Å². The molecule has 1 aromatic carbocycles. The molecule has 3 heterocycles. The van der Waals surface area contributed by atoms with Gasteiger partial charge in [-0.1, -0.05) is 20.8 Å². The van der Waals surface area contributed by atoms with E-state index in [4.69, 9.17) is 4.43 Å². The van der Waals surface area contributed by atoms with Crippen LogP contribution < -0.4 is 5.32 Å². The van der Waals surface area contributed by atoms with Gasteiger partial charge in [-0.25, -0.2) is 9.67 Å². The maximum atomic E-state index is 14.0. The quantitative estimate of drug-likeness (QED) is 0.164. The lowest BCUT2D eigenvalue weighted by Crippen LogP contribution is -2.41. The third kappa shape index (κ3) is 6.83. The Bertz CT molecular complexity index is 1540. The second-order valence-corrected chi connectivity index (χ2v) is 16.1. The first-order valence-electron chi connectivity index (χ1n) is 13.0. The summed E-state index contributed by atoms with van der Waals surface area (Å²) >= 11 is 0. The van der Waals surface area contributed by atoms with Crippen LogP contribution in [0.3, 0.4) is 0 Å². The molecule has 0 spiro atoms. The number of pyridine rings is 1. The van der Waals surface area contributed by atoms with Gasteiger partial charge in [0, 0.05) is 36.5 Å². The number of hydrogen-bond donors (Lipinski definition) is 1. The lowest BCUT2D eigenvalue weighted by atomic mass is 10.1. The Labute approximate surface area is 239 Å². The van der Waals surface area contributed by atoms with E-state index in [0.29, 0.717) is 28.8 Å². The molecule has 0 radical (unpaired) electrons. The zero-order valence-electron chi connectivity index (χ0n) is 23.9. The molecule has 0 bridgehead atoms. The van der Waals surface area contributed by atoms with Crippen LogP contribution in [0.5, 0.6) is 0 Å². The van der Waals surface area contributed by atoms with Crippen LogP contribution in [0.1, 0.15) is 43.2 Å². The fourth-order valence-electron chi connectivity index (χ4n) is 3.94. The smallest absolute Gasteiger partial charge is 0.416 e. The summed E-state index contributed by atoms with van der Waals surface area (Å²) in [4.78, 5) is 5.76. The summed E-state index contributed by atoms with van der Waals surface area (Å²) < 4.78 is 89.5. The number of hydrogen-bond acceptors (Lipinski definition) is 6. The Hall–Kier alpha value is -3.72. The van der Waals surface area contributed by atoms with E-state index in [1.165, 1.54) is 21.9 Å². The van der Waals surface area contributed by atoms with Crippen LogP contribution in [0.15, 0.2) is 48.9 Å². The van der Waals surface area contributed by atoms with E-state index < -0.39 is 37.5 Å². The van der Waals surface area contributed by atoms with Crippen LogP contribution >= 0.6 is 0 Å². The molecule has 1 N–H and O–H groups in total. The van der Waals surface area contributed by atoms with E-state index in [-0.39, 0.29) is 30.0 Å². The van der Waals surface area contributed by atoms with E-state index >= 15 is 0 Å². The van der Waals surface area contributed by atoms with Gasteiger partial charge in [-0.2, -0.15) is 36.5 Å². The van der Waals surface area contributed by atoms with Gasteiger partial charge in [-0.3, -0.25) is 0 Å². The zero-order valence-corrected chi connectivity index (χ0v) is 24.9. The monoisotopic (exact) mass is 611 g/mol. The summed E-state index contributed by atoms with van der Waals surface area (Å²) in [6, 6.07) is 4.84. The highest BCUT2D eigenvalue weighted by Crippen LogP contribution is 2.41. The average molecular weight is 612 g/mol. The minimum absolute atomic E-state index is 0.0448. The molecule has 0 aliphatic carbocycles. The van der Waals surface area contributed by atoms with Crippen molar-refractivity contribution in [3.63, 3.8) is 0 Å². The molecule has 0 atom stereocenters. The molecule has 0 aliphatic heterocycles. The standard InChI is InChI=1S/C27H31F6N7OSi/c1-17-15-22(39-13-9-23(38-39)40-34-11-12-35-40)19(10-14-41-42(5,6)25(2,3)4)24(36-17)37-21-8-7-18(26(28,29)30)16-20(21)27(31,32)33/h7-9,11-13,15-16H,10,14H2,1-6H3,(H,36,37). The lowest BCUT2D eigenvalue weighted by Gasteiger charge is -2.36. The second-order valence-electron chi connectivity index (χ2n) is 11.3. The molecule has 0 fully saturated rings. The molecule has 8 nitrogen and oxygen atoms in total. The molecule has 4 rings (SSSR count). The lowest BCUT2D eigenvalue weighted by molar-refractivity contribution is -0.142. The Balaban J connectivity index is 1.81. The van der Waals surface area contributed by atoms with Crippen molar-refractivity contribution in [1.82, 2.24) is 29.8 Å². The van der Waals surface area contributed by atoms with Gasteiger partial charge in [0.05, 0.1) is 34.9 Å². The van der Waals surface area contributed by atoms with E-state index in [9.17, 15) is 26.3 Å². The van der Waals surface area contributed by atoms with Gasteiger partial charge in [-0.15, -0.1) is 9.90 Å². The first kappa shape index (κ1) is 31.2. The summed E-state index contributed by atoms with van der Waals surface area (Å²) in [6.07, 6.45) is -5.15. The summed E-state index contributed by atoms with van der Waals surface area (Å²) in [5, 5.41) is 15.2. The largest absolute Gasteiger partial charge is 0.418 e. The highest BCUT2D eigenvalue weighted by molar-refractivity contribution is 6.74. The maximum absolute atomic E-state index is 14.0. The number of nitrogens with one attached hydrogen (secondary N) is 1. The van der Waals surface area contributed by atoms with Crippen LogP contribution in [0.2, 0.25) is 18.1 Å². The molecule has 3 aromatic heterocycles. The Morgan fingerprint density at radius 2 is 1.60 bits per heavy atom. The molecule has 0 saturated carbocycles. The van der Waals surface area contributed by atoms with Crippen LogP contribution in [-0.2, 0) is 23.2 Å². The summed E-state index contributed by atoms with van der Waals surface area (Å²) in [5.74, 6) is 0.442. The van der Waals surface area contributed by atoms with E-state index in [0.717, 1.165) is 6.07 Å². The number of aryl methyl sites for hydroxylation is 1. The Morgan fingerprint density at radius 1 is 0.929 bits per heavy atom. The van der Waals surface area contributed by atoms with Crippen LogP contribution in [0, 0.1) is 6.92 Å². The minimum Gasteiger partial charge on any atom is -0.416 e. The van der Waals surface area contributed by atoms with Gasteiger partial charge in [0.1, 0.15) is 5.82 Å². The second kappa shape index (κ2) is 11.2. The summed E-state index contributed by atoms with van der Waals surface area (Å²) in [5.41, 5.74) is -2.02.